The SMILES string of the molecule is CCOc1ccc(-c2noc(CN3C(=O)N(C(C)CC)C(=O)C4CCCCC43)n2)cc1OC. The molecule has 0 radical (unpaired) electrons. The first-order valence-corrected chi connectivity index (χ1v) is 11.8. The van der Waals surface area contributed by atoms with Gasteiger partial charge >= 0.3 is 6.03 Å². The normalized spacial score (nSPS) is 21.7. The summed E-state index contributed by atoms with van der Waals surface area (Å²) in [5.41, 5.74) is 0.724. The molecule has 0 spiro atoms. The van der Waals surface area contributed by atoms with Crippen LogP contribution in [0.1, 0.15) is 58.8 Å². The Labute approximate surface area is 194 Å². The number of carbonyl (C=O) groups excluding carboxylic acids is 2. The van der Waals surface area contributed by atoms with Crippen molar-refractivity contribution in [2.24, 2.45) is 5.92 Å². The summed E-state index contributed by atoms with van der Waals surface area (Å²) < 4.78 is 16.5. The monoisotopic (exact) mass is 456 g/mol. The van der Waals surface area contributed by atoms with Crippen LogP contribution in [0.2, 0.25) is 0 Å². The molecule has 1 aliphatic heterocycles. The number of urea groups is 1. The quantitative estimate of drug-likeness (QED) is 0.585. The van der Waals surface area contributed by atoms with Gasteiger partial charge in [-0.25, -0.2) is 4.79 Å². The summed E-state index contributed by atoms with van der Waals surface area (Å²) in [4.78, 5) is 34.2. The Morgan fingerprint density at radius 3 is 2.70 bits per heavy atom. The zero-order chi connectivity index (χ0) is 23.5. The smallest absolute Gasteiger partial charge is 0.327 e. The number of amides is 3. The molecule has 2 fully saturated rings. The van der Waals surface area contributed by atoms with Crippen LogP contribution in [0.25, 0.3) is 11.4 Å². The lowest BCUT2D eigenvalue weighted by Gasteiger charge is -2.47. The molecule has 1 aliphatic carbocycles. The highest BCUT2D eigenvalue weighted by atomic mass is 16.5. The molecule has 33 heavy (non-hydrogen) atoms. The topological polar surface area (TPSA) is 98.0 Å². The van der Waals surface area contributed by atoms with Crippen LogP contribution in [-0.2, 0) is 11.3 Å². The standard InChI is InChI=1S/C24H32N4O5/c1-5-15(3)28-23(29)17-9-7-8-10-18(17)27(24(28)30)14-21-25-22(26-33-21)16-11-12-19(32-6-2)20(13-16)31-4/h11-13,15,17-18H,5-10,14H2,1-4H3. The predicted octanol–water partition coefficient (Wildman–Crippen LogP) is 4.27. The number of carbonyl (C=O) groups is 2. The van der Waals surface area contributed by atoms with Crippen molar-refractivity contribution in [3.63, 3.8) is 0 Å². The zero-order valence-corrected chi connectivity index (χ0v) is 19.7. The van der Waals surface area contributed by atoms with Crippen LogP contribution in [0.3, 0.4) is 0 Å². The summed E-state index contributed by atoms with van der Waals surface area (Å²) in [5, 5.41) is 4.12. The second-order valence-electron chi connectivity index (χ2n) is 8.64. The Hall–Kier alpha value is -3.10. The van der Waals surface area contributed by atoms with Gasteiger partial charge in [0.05, 0.1) is 19.6 Å². The fraction of sp³-hybridized carbons (Fsp3) is 0.583. The van der Waals surface area contributed by atoms with Crippen molar-refractivity contribution < 1.29 is 23.6 Å². The number of ether oxygens (including phenoxy) is 2. The van der Waals surface area contributed by atoms with Gasteiger partial charge in [-0.15, -0.1) is 0 Å². The van der Waals surface area contributed by atoms with Crippen LogP contribution < -0.4 is 9.47 Å². The molecule has 1 saturated heterocycles. The molecular weight excluding hydrogens is 424 g/mol. The molecule has 4 rings (SSSR count). The highest BCUT2D eigenvalue weighted by Crippen LogP contribution is 2.37. The minimum Gasteiger partial charge on any atom is -0.493 e. The second kappa shape index (κ2) is 9.80. The largest absolute Gasteiger partial charge is 0.493 e. The van der Waals surface area contributed by atoms with E-state index in [0.29, 0.717) is 36.2 Å². The Morgan fingerprint density at radius 2 is 1.97 bits per heavy atom. The van der Waals surface area contributed by atoms with E-state index < -0.39 is 0 Å². The van der Waals surface area contributed by atoms with Crippen molar-refractivity contribution in [3.05, 3.63) is 24.1 Å². The van der Waals surface area contributed by atoms with Crippen LogP contribution in [0.4, 0.5) is 4.79 Å². The van der Waals surface area contributed by atoms with Crippen LogP contribution in [0.15, 0.2) is 22.7 Å². The number of benzene rings is 1. The van der Waals surface area contributed by atoms with Crippen molar-refractivity contribution in [3.8, 4) is 22.9 Å². The third-order valence-corrected chi connectivity index (χ3v) is 6.66. The number of methoxy groups -OCH3 is 1. The number of hydrogen-bond acceptors (Lipinski definition) is 7. The van der Waals surface area contributed by atoms with E-state index in [1.165, 1.54) is 4.90 Å². The molecule has 1 saturated carbocycles. The number of rotatable bonds is 8. The molecule has 9 nitrogen and oxygen atoms in total. The van der Waals surface area contributed by atoms with E-state index in [1.54, 1.807) is 18.1 Å². The summed E-state index contributed by atoms with van der Waals surface area (Å²) in [6, 6.07) is 4.91. The van der Waals surface area contributed by atoms with Crippen molar-refractivity contribution >= 4 is 11.9 Å². The molecule has 2 aromatic rings. The van der Waals surface area contributed by atoms with Crippen molar-refractivity contribution in [1.82, 2.24) is 19.9 Å². The lowest BCUT2D eigenvalue weighted by atomic mass is 9.80. The van der Waals surface area contributed by atoms with Crippen LogP contribution in [-0.4, -0.2) is 57.7 Å². The summed E-state index contributed by atoms with van der Waals surface area (Å²) in [5.74, 6) is 1.77. The third kappa shape index (κ3) is 4.41. The van der Waals surface area contributed by atoms with Gasteiger partial charge in [0.25, 0.3) is 0 Å². The molecule has 1 aromatic carbocycles. The van der Waals surface area contributed by atoms with Gasteiger partial charge in [0.2, 0.25) is 17.6 Å². The van der Waals surface area contributed by atoms with E-state index >= 15 is 0 Å². The van der Waals surface area contributed by atoms with Crippen molar-refractivity contribution in [1.29, 1.82) is 0 Å². The molecule has 9 heteroatoms. The molecular formula is C24H32N4O5. The van der Waals surface area contributed by atoms with E-state index in [0.717, 1.165) is 31.2 Å². The molecule has 3 atom stereocenters. The fourth-order valence-corrected chi connectivity index (χ4v) is 4.76. The maximum Gasteiger partial charge on any atom is 0.327 e. The van der Waals surface area contributed by atoms with Crippen LogP contribution in [0, 0.1) is 5.92 Å². The first kappa shape index (κ1) is 23.1. The Morgan fingerprint density at radius 1 is 1.18 bits per heavy atom. The van der Waals surface area contributed by atoms with Gasteiger partial charge in [0.1, 0.15) is 6.54 Å². The maximum absolute atomic E-state index is 13.4. The van der Waals surface area contributed by atoms with E-state index in [1.807, 2.05) is 32.9 Å². The minimum absolute atomic E-state index is 0.0389. The second-order valence-corrected chi connectivity index (χ2v) is 8.64. The molecule has 0 bridgehead atoms. The number of fused-ring (bicyclic) bond motifs is 1. The molecule has 3 unspecified atom stereocenters. The molecule has 0 N–H and O–H groups in total. The summed E-state index contributed by atoms with van der Waals surface area (Å²) >= 11 is 0. The highest BCUT2D eigenvalue weighted by molar-refractivity contribution is 5.99. The van der Waals surface area contributed by atoms with E-state index in [2.05, 4.69) is 10.1 Å². The Kier molecular flexibility index (Phi) is 6.85. The van der Waals surface area contributed by atoms with Crippen molar-refractivity contribution in [2.75, 3.05) is 13.7 Å². The van der Waals surface area contributed by atoms with Crippen LogP contribution in [0.5, 0.6) is 11.5 Å². The first-order valence-electron chi connectivity index (χ1n) is 11.8. The average molecular weight is 457 g/mol. The van der Waals surface area contributed by atoms with Gasteiger partial charge < -0.3 is 18.9 Å². The van der Waals surface area contributed by atoms with Gasteiger partial charge in [-0.05, 0) is 51.3 Å². The summed E-state index contributed by atoms with van der Waals surface area (Å²) in [6.07, 6.45) is 4.35. The number of aromatic nitrogens is 2. The maximum atomic E-state index is 13.4. The number of nitrogens with zero attached hydrogens (tertiary/aromatic N) is 4. The van der Waals surface area contributed by atoms with Gasteiger partial charge in [-0.3, -0.25) is 9.69 Å². The fourth-order valence-electron chi connectivity index (χ4n) is 4.76. The highest BCUT2D eigenvalue weighted by Gasteiger charge is 2.48. The molecule has 2 aliphatic rings. The van der Waals surface area contributed by atoms with Gasteiger partial charge in [0, 0.05) is 17.6 Å². The van der Waals surface area contributed by atoms with Gasteiger partial charge in [-0.1, -0.05) is 24.9 Å². The van der Waals surface area contributed by atoms with Gasteiger partial charge in [-0.2, -0.15) is 4.98 Å². The minimum atomic E-state index is -0.264. The zero-order valence-electron chi connectivity index (χ0n) is 19.7. The van der Waals surface area contributed by atoms with Crippen molar-refractivity contribution in [2.45, 2.75) is 71.5 Å². The first-order chi connectivity index (χ1) is 16.0. The lowest BCUT2D eigenvalue weighted by Crippen LogP contribution is -2.63. The number of hydrogen-bond donors (Lipinski definition) is 0. The van der Waals surface area contributed by atoms with E-state index in [9.17, 15) is 9.59 Å². The average Bonchev–Trinajstić information content (AvgIpc) is 3.31. The predicted molar refractivity (Wildman–Crippen MR) is 121 cm³/mol. The Balaban J connectivity index is 1.58. The third-order valence-electron chi connectivity index (χ3n) is 6.66. The summed E-state index contributed by atoms with van der Waals surface area (Å²) in [6.45, 7) is 6.53. The molecule has 2 heterocycles. The number of imide groups is 1. The van der Waals surface area contributed by atoms with Gasteiger partial charge in [0.15, 0.2) is 11.5 Å². The lowest BCUT2D eigenvalue weighted by molar-refractivity contribution is -0.143. The Bertz CT molecular complexity index is 1010. The summed E-state index contributed by atoms with van der Waals surface area (Å²) in [7, 11) is 1.58. The molecule has 3 amide bonds. The van der Waals surface area contributed by atoms with E-state index in [-0.39, 0.29) is 36.5 Å². The molecule has 1 aromatic heterocycles. The van der Waals surface area contributed by atoms with Crippen LogP contribution >= 0.6 is 0 Å². The molecule has 178 valence electrons. The van der Waals surface area contributed by atoms with E-state index in [4.69, 9.17) is 14.0 Å².